The Morgan fingerprint density at radius 1 is 1.22 bits per heavy atom. The van der Waals surface area contributed by atoms with Crippen molar-refractivity contribution in [3.8, 4) is 0 Å². The topological polar surface area (TPSA) is 41.8 Å². The number of nitrogens with zero attached hydrogens (tertiary/aromatic N) is 1. The Hall–Kier alpha value is -1.42. The smallest absolute Gasteiger partial charge is 0.284 e. The summed E-state index contributed by atoms with van der Waals surface area (Å²) >= 11 is 4.85. The highest BCUT2D eigenvalue weighted by molar-refractivity contribution is 7.71. The number of fused-ring (bicyclic) bond motifs is 1. The summed E-state index contributed by atoms with van der Waals surface area (Å²) in [6.07, 6.45) is 6.77. The fourth-order valence-corrected chi connectivity index (χ4v) is 2.73. The maximum Gasteiger partial charge on any atom is 0.284 e. The van der Waals surface area contributed by atoms with Gasteiger partial charge in [-0.15, -0.1) is 5.10 Å². The van der Waals surface area contributed by atoms with E-state index in [4.69, 9.17) is 16.6 Å². The molecular weight excluding hydrogens is 244 g/mol. The molecule has 0 aliphatic heterocycles. The standard InChI is InChI=1S/C14H16N2OS/c18-14-16-15-13(17-14)6-1-3-10-7-8-11-4-2-5-12(11)9-10/h7-9H,1-6H2,(H,16,18). The lowest BCUT2D eigenvalue weighted by atomic mass is 10.0. The first-order chi connectivity index (χ1) is 8.81. The van der Waals surface area contributed by atoms with Crippen molar-refractivity contribution in [3.63, 3.8) is 0 Å². The van der Waals surface area contributed by atoms with Crippen LogP contribution in [0.5, 0.6) is 0 Å². The van der Waals surface area contributed by atoms with Crippen molar-refractivity contribution in [2.75, 3.05) is 0 Å². The van der Waals surface area contributed by atoms with Gasteiger partial charge in [0.05, 0.1) is 0 Å². The van der Waals surface area contributed by atoms with Gasteiger partial charge in [-0.25, -0.2) is 5.10 Å². The fourth-order valence-electron chi connectivity index (χ4n) is 2.59. The summed E-state index contributed by atoms with van der Waals surface area (Å²) in [6.45, 7) is 0. The number of benzene rings is 1. The minimum Gasteiger partial charge on any atom is -0.414 e. The van der Waals surface area contributed by atoms with E-state index in [2.05, 4.69) is 28.4 Å². The molecule has 3 nitrogen and oxygen atoms in total. The zero-order valence-corrected chi connectivity index (χ0v) is 11.1. The molecule has 94 valence electrons. The lowest BCUT2D eigenvalue weighted by Gasteiger charge is -2.04. The molecular formula is C14H16N2OS. The van der Waals surface area contributed by atoms with Crippen molar-refractivity contribution < 1.29 is 4.42 Å². The van der Waals surface area contributed by atoms with Crippen molar-refractivity contribution >= 4 is 12.2 Å². The summed E-state index contributed by atoms with van der Waals surface area (Å²) in [4.78, 5) is 0.363. The second kappa shape index (κ2) is 5.06. The van der Waals surface area contributed by atoms with Crippen LogP contribution in [0, 0.1) is 4.84 Å². The maximum atomic E-state index is 5.24. The number of aromatic amines is 1. The van der Waals surface area contributed by atoms with Gasteiger partial charge in [-0.2, -0.15) is 0 Å². The highest BCUT2D eigenvalue weighted by Gasteiger charge is 2.10. The molecule has 1 aromatic heterocycles. The summed E-state index contributed by atoms with van der Waals surface area (Å²) in [6, 6.07) is 6.91. The molecule has 1 aromatic carbocycles. The van der Waals surface area contributed by atoms with E-state index < -0.39 is 0 Å². The van der Waals surface area contributed by atoms with Crippen LogP contribution in [-0.2, 0) is 25.7 Å². The number of H-pyrrole nitrogens is 1. The van der Waals surface area contributed by atoms with Crippen molar-refractivity contribution in [1.29, 1.82) is 0 Å². The average molecular weight is 260 g/mol. The first-order valence-corrected chi connectivity index (χ1v) is 6.87. The van der Waals surface area contributed by atoms with Gasteiger partial charge in [-0.1, -0.05) is 18.2 Å². The first-order valence-electron chi connectivity index (χ1n) is 6.46. The van der Waals surface area contributed by atoms with E-state index >= 15 is 0 Å². The molecule has 0 radical (unpaired) electrons. The SMILES string of the molecule is S=c1[nH]nc(CCCc2ccc3c(c2)CCC3)o1. The normalized spacial score (nSPS) is 13.8. The average Bonchev–Trinajstić information content (AvgIpc) is 2.97. The third kappa shape index (κ3) is 2.53. The molecule has 2 aromatic rings. The molecule has 0 fully saturated rings. The van der Waals surface area contributed by atoms with Gasteiger partial charge in [0.25, 0.3) is 4.84 Å². The number of hydrogen-bond acceptors (Lipinski definition) is 3. The third-order valence-electron chi connectivity index (χ3n) is 3.50. The number of hydrogen-bond donors (Lipinski definition) is 1. The quantitative estimate of drug-likeness (QED) is 0.857. The van der Waals surface area contributed by atoms with Gasteiger partial charge in [0.15, 0.2) is 0 Å². The van der Waals surface area contributed by atoms with Gasteiger partial charge in [-0.3, -0.25) is 0 Å². The van der Waals surface area contributed by atoms with E-state index in [0.717, 1.165) is 19.3 Å². The van der Waals surface area contributed by atoms with Crippen LogP contribution in [0.4, 0.5) is 0 Å². The predicted molar refractivity (Wildman–Crippen MR) is 72.2 cm³/mol. The molecule has 0 atom stereocenters. The molecule has 0 unspecified atom stereocenters. The largest absolute Gasteiger partial charge is 0.414 e. The van der Waals surface area contributed by atoms with Crippen LogP contribution in [0.3, 0.4) is 0 Å². The molecule has 3 rings (SSSR count). The minimum absolute atomic E-state index is 0.363. The summed E-state index contributed by atoms with van der Waals surface area (Å²) < 4.78 is 5.24. The Morgan fingerprint density at radius 3 is 2.94 bits per heavy atom. The summed E-state index contributed by atoms with van der Waals surface area (Å²) in [5.74, 6) is 0.709. The fraction of sp³-hybridized carbons (Fsp3) is 0.429. The molecule has 0 saturated heterocycles. The van der Waals surface area contributed by atoms with E-state index in [1.807, 2.05) is 0 Å². The molecule has 0 saturated carbocycles. The van der Waals surface area contributed by atoms with Gasteiger partial charge in [0, 0.05) is 6.42 Å². The minimum atomic E-state index is 0.363. The van der Waals surface area contributed by atoms with Crippen LogP contribution in [-0.4, -0.2) is 10.2 Å². The molecule has 1 aliphatic rings. The molecule has 0 amide bonds. The molecule has 4 heteroatoms. The molecule has 1 aliphatic carbocycles. The Kier molecular flexibility index (Phi) is 3.28. The summed E-state index contributed by atoms with van der Waals surface area (Å²) in [5, 5.41) is 6.66. The van der Waals surface area contributed by atoms with E-state index in [1.165, 1.54) is 30.4 Å². The Balaban J connectivity index is 1.58. The third-order valence-corrected chi connectivity index (χ3v) is 3.68. The summed E-state index contributed by atoms with van der Waals surface area (Å²) in [5.41, 5.74) is 4.51. The summed E-state index contributed by atoms with van der Waals surface area (Å²) in [7, 11) is 0. The van der Waals surface area contributed by atoms with Crippen molar-refractivity contribution in [1.82, 2.24) is 10.2 Å². The Bertz CT molecular complexity index is 600. The molecule has 1 N–H and O–H groups in total. The van der Waals surface area contributed by atoms with Gasteiger partial charge in [-0.05, 0) is 61.0 Å². The monoisotopic (exact) mass is 260 g/mol. The number of nitrogens with one attached hydrogen (secondary N) is 1. The second-order valence-electron chi connectivity index (χ2n) is 4.82. The lowest BCUT2D eigenvalue weighted by Crippen LogP contribution is -1.92. The van der Waals surface area contributed by atoms with E-state index in [-0.39, 0.29) is 0 Å². The van der Waals surface area contributed by atoms with Gasteiger partial charge in [0.2, 0.25) is 5.89 Å². The lowest BCUT2D eigenvalue weighted by molar-refractivity contribution is 0.474. The van der Waals surface area contributed by atoms with Gasteiger partial charge in [0.1, 0.15) is 0 Å². The van der Waals surface area contributed by atoms with E-state index in [1.54, 1.807) is 5.56 Å². The van der Waals surface area contributed by atoms with E-state index in [0.29, 0.717) is 10.7 Å². The van der Waals surface area contributed by atoms with Crippen LogP contribution >= 0.6 is 12.2 Å². The van der Waals surface area contributed by atoms with Gasteiger partial charge < -0.3 is 4.42 Å². The molecule has 0 bridgehead atoms. The van der Waals surface area contributed by atoms with Crippen molar-refractivity contribution in [3.05, 3.63) is 45.6 Å². The number of aromatic nitrogens is 2. The van der Waals surface area contributed by atoms with Crippen LogP contribution < -0.4 is 0 Å². The maximum absolute atomic E-state index is 5.24. The van der Waals surface area contributed by atoms with Crippen LogP contribution in [0.2, 0.25) is 0 Å². The van der Waals surface area contributed by atoms with Gasteiger partial charge >= 0.3 is 0 Å². The predicted octanol–water partition coefficient (Wildman–Crippen LogP) is 3.40. The molecule has 0 spiro atoms. The Labute approximate surface area is 111 Å². The number of aryl methyl sites for hydroxylation is 4. The zero-order valence-electron chi connectivity index (χ0n) is 10.2. The first kappa shape index (κ1) is 11.7. The van der Waals surface area contributed by atoms with Crippen LogP contribution in [0.15, 0.2) is 22.6 Å². The zero-order chi connectivity index (χ0) is 12.4. The van der Waals surface area contributed by atoms with Crippen LogP contribution in [0.1, 0.15) is 35.4 Å². The molecule has 1 heterocycles. The van der Waals surface area contributed by atoms with Crippen LogP contribution in [0.25, 0.3) is 0 Å². The molecule has 18 heavy (non-hydrogen) atoms. The van der Waals surface area contributed by atoms with Crippen molar-refractivity contribution in [2.24, 2.45) is 0 Å². The second-order valence-corrected chi connectivity index (χ2v) is 5.19. The Morgan fingerprint density at radius 2 is 2.11 bits per heavy atom. The highest BCUT2D eigenvalue weighted by atomic mass is 32.1. The highest BCUT2D eigenvalue weighted by Crippen LogP contribution is 2.23. The van der Waals surface area contributed by atoms with Crippen molar-refractivity contribution in [2.45, 2.75) is 38.5 Å². The number of rotatable bonds is 4. The van der Waals surface area contributed by atoms with E-state index in [9.17, 15) is 0 Å².